The lowest BCUT2D eigenvalue weighted by atomic mass is 10.2. The number of nitrogens with two attached hydrogens (primary N) is 1. The van der Waals surface area contributed by atoms with Gasteiger partial charge in [-0.15, -0.1) is 0 Å². The predicted octanol–water partition coefficient (Wildman–Crippen LogP) is 1.30. The van der Waals surface area contributed by atoms with E-state index < -0.39 is 17.2 Å². The quantitative estimate of drug-likeness (QED) is 0.470. The van der Waals surface area contributed by atoms with E-state index in [4.69, 9.17) is 15.2 Å². The third kappa shape index (κ3) is 6.41. The van der Waals surface area contributed by atoms with Crippen molar-refractivity contribution in [3.8, 4) is 11.5 Å². The summed E-state index contributed by atoms with van der Waals surface area (Å²) < 4.78 is 10.8. The van der Waals surface area contributed by atoms with Gasteiger partial charge in [0.05, 0.1) is 18.6 Å². The Kier molecular flexibility index (Phi) is 8.54. The summed E-state index contributed by atoms with van der Waals surface area (Å²) in [7, 11) is 1.52. The Morgan fingerprint density at radius 1 is 1.20 bits per heavy atom. The number of methoxy groups -OCH3 is 1. The van der Waals surface area contributed by atoms with Gasteiger partial charge in [-0.3, -0.25) is 19.3 Å². The fraction of sp³-hybridized carbons (Fsp3) is 0.368. The van der Waals surface area contributed by atoms with Crippen molar-refractivity contribution in [2.75, 3.05) is 33.4 Å². The van der Waals surface area contributed by atoms with E-state index in [-0.39, 0.29) is 36.9 Å². The van der Waals surface area contributed by atoms with Crippen molar-refractivity contribution in [3.63, 3.8) is 0 Å². The van der Waals surface area contributed by atoms with Gasteiger partial charge in [-0.25, -0.2) is 4.79 Å². The zero-order valence-corrected chi connectivity index (χ0v) is 17.5. The molecule has 1 aromatic carbocycles. The van der Waals surface area contributed by atoms with Crippen molar-refractivity contribution >= 4 is 40.9 Å². The van der Waals surface area contributed by atoms with E-state index in [0.29, 0.717) is 23.7 Å². The van der Waals surface area contributed by atoms with Crippen molar-refractivity contribution in [2.45, 2.75) is 13.3 Å². The molecule has 11 heteroatoms. The smallest absolute Gasteiger partial charge is 0.312 e. The van der Waals surface area contributed by atoms with Crippen molar-refractivity contribution in [3.05, 3.63) is 28.7 Å². The fourth-order valence-electron chi connectivity index (χ4n) is 2.59. The highest BCUT2D eigenvalue weighted by atomic mass is 32.2. The molecule has 5 amide bonds. The highest BCUT2D eigenvalue weighted by Gasteiger charge is 2.34. The van der Waals surface area contributed by atoms with Gasteiger partial charge in [-0.05, 0) is 42.5 Å². The summed E-state index contributed by atoms with van der Waals surface area (Å²) in [6, 6.07) is 4.51. The number of amides is 5. The summed E-state index contributed by atoms with van der Waals surface area (Å²) in [6.45, 7) is 2.62. The van der Waals surface area contributed by atoms with E-state index in [2.05, 4.69) is 10.6 Å². The molecule has 1 aromatic rings. The third-order valence-electron chi connectivity index (χ3n) is 3.97. The maximum atomic E-state index is 12.6. The van der Waals surface area contributed by atoms with Crippen LogP contribution in [0.4, 0.5) is 9.59 Å². The van der Waals surface area contributed by atoms with Gasteiger partial charge in [0.2, 0.25) is 5.91 Å². The third-order valence-corrected chi connectivity index (χ3v) is 4.88. The lowest BCUT2D eigenvalue weighted by molar-refractivity contribution is -0.124. The molecule has 1 heterocycles. The number of urea groups is 1. The van der Waals surface area contributed by atoms with Crippen LogP contribution < -0.4 is 25.8 Å². The first kappa shape index (κ1) is 23.1. The SMILES string of the molecule is CCOc1ccc(/C=C2\SC(=O)N(CCNC(=O)CCNC(N)=O)C2=O)cc1OC. The molecule has 1 aliphatic rings. The lowest BCUT2D eigenvalue weighted by Crippen LogP contribution is -2.38. The molecule has 0 saturated carbocycles. The van der Waals surface area contributed by atoms with Gasteiger partial charge in [0, 0.05) is 26.1 Å². The number of ether oxygens (including phenoxy) is 2. The first-order chi connectivity index (χ1) is 14.3. The molecule has 1 aliphatic heterocycles. The second-order valence-corrected chi connectivity index (χ2v) is 7.06. The molecular weight excluding hydrogens is 412 g/mol. The van der Waals surface area contributed by atoms with Crippen LogP contribution in [0, 0.1) is 0 Å². The highest BCUT2D eigenvalue weighted by molar-refractivity contribution is 8.18. The molecule has 0 aromatic heterocycles. The molecule has 0 unspecified atom stereocenters. The molecule has 30 heavy (non-hydrogen) atoms. The van der Waals surface area contributed by atoms with Crippen molar-refractivity contribution in [1.29, 1.82) is 0 Å². The van der Waals surface area contributed by atoms with Gasteiger partial charge in [0.25, 0.3) is 11.1 Å². The van der Waals surface area contributed by atoms with Crippen LogP contribution in [0.5, 0.6) is 11.5 Å². The van der Waals surface area contributed by atoms with Crippen molar-refractivity contribution in [1.82, 2.24) is 15.5 Å². The molecule has 0 radical (unpaired) electrons. The Balaban J connectivity index is 1.94. The summed E-state index contributed by atoms with van der Waals surface area (Å²) in [5, 5.41) is 4.48. The summed E-state index contributed by atoms with van der Waals surface area (Å²) in [5.41, 5.74) is 5.60. The number of carbonyl (C=O) groups excluding carboxylic acids is 4. The minimum Gasteiger partial charge on any atom is -0.493 e. The van der Waals surface area contributed by atoms with E-state index >= 15 is 0 Å². The van der Waals surface area contributed by atoms with Crippen LogP contribution in [0.25, 0.3) is 6.08 Å². The van der Waals surface area contributed by atoms with Gasteiger partial charge < -0.3 is 25.8 Å². The summed E-state index contributed by atoms with van der Waals surface area (Å²) >= 11 is 0.833. The number of hydrogen-bond donors (Lipinski definition) is 3. The van der Waals surface area contributed by atoms with Crippen LogP contribution in [0.1, 0.15) is 18.9 Å². The Morgan fingerprint density at radius 2 is 1.97 bits per heavy atom. The number of thioether (sulfide) groups is 1. The Bertz CT molecular complexity index is 857. The van der Waals surface area contributed by atoms with Crippen LogP contribution in [0.3, 0.4) is 0 Å². The number of benzene rings is 1. The molecule has 1 saturated heterocycles. The molecule has 10 nitrogen and oxygen atoms in total. The summed E-state index contributed by atoms with van der Waals surface area (Å²) in [4.78, 5) is 48.3. The van der Waals surface area contributed by atoms with E-state index in [9.17, 15) is 19.2 Å². The lowest BCUT2D eigenvalue weighted by Gasteiger charge is -2.13. The minimum atomic E-state index is -0.711. The van der Waals surface area contributed by atoms with Crippen LogP contribution >= 0.6 is 11.8 Å². The minimum absolute atomic E-state index is 0.0452. The second kappa shape index (κ2) is 11.1. The predicted molar refractivity (Wildman–Crippen MR) is 112 cm³/mol. The van der Waals surface area contributed by atoms with E-state index in [1.807, 2.05) is 6.92 Å². The Morgan fingerprint density at radius 3 is 2.63 bits per heavy atom. The molecule has 1 fully saturated rings. The number of hydrogen-bond acceptors (Lipinski definition) is 7. The summed E-state index contributed by atoms with van der Waals surface area (Å²) in [5.74, 6) is 0.362. The van der Waals surface area contributed by atoms with Gasteiger partial charge in [-0.2, -0.15) is 0 Å². The van der Waals surface area contributed by atoms with Crippen LogP contribution in [0.2, 0.25) is 0 Å². The van der Waals surface area contributed by atoms with Crippen molar-refractivity contribution < 1.29 is 28.7 Å². The molecule has 2 rings (SSSR count). The fourth-order valence-corrected chi connectivity index (χ4v) is 3.45. The Labute approximate surface area is 178 Å². The highest BCUT2D eigenvalue weighted by Crippen LogP contribution is 2.34. The van der Waals surface area contributed by atoms with Gasteiger partial charge in [0.1, 0.15) is 0 Å². The Hall–Kier alpha value is -3.21. The average molecular weight is 436 g/mol. The number of carbonyl (C=O) groups is 4. The normalized spacial score (nSPS) is 14.7. The van der Waals surface area contributed by atoms with Crippen LogP contribution in [0.15, 0.2) is 23.1 Å². The number of nitrogens with one attached hydrogen (secondary N) is 2. The number of nitrogens with zero attached hydrogens (tertiary/aromatic N) is 1. The van der Waals surface area contributed by atoms with Gasteiger partial charge in [0.15, 0.2) is 11.5 Å². The molecular formula is C19H24N4O6S. The van der Waals surface area contributed by atoms with Crippen LogP contribution in [-0.2, 0) is 9.59 Å². The zero-order valence-electron chi connectivity index (χ0n) is 16.7. The van der Waals surface area contributed by atoms with E-state index in [1.54, 1.807) is 24.3 Å². The second-order valence-electron chi connectivity index (χ2n) is 6.07. The van der Waals surface area contributed by atoms with Crippen molar-refractivity contribution in [2.24, 2.45) is 5.73 Å². The van der Waals surface area contributed by atoms with E-state index in [0.717, 1.165) is 16.7 Å². The molecule has 0 bridgehead atoms. The first-order valence-corrected chi connectivity index (χ1v) is 10.0. The topological polar surface area (TPSA) is 140 Å². The number of imide groups is 1. The molecule has 0 aliphatic carbocycles. The van der Waals surface area contributed by atoms with Gasteiger partial charge in [-0.1, -0.05) is 6.07 Å². The molecule has 0 spiro atoms. The maximum Gasteiger partial charge on any atom is 0.312 e. The van der Waals surface area contributed by atoms with Crippen LogP contribution in [-0.4, -0.2) is 61.3 Å². The monoisotopic (exact) mass is 436 g/mol. The first-order valence-electron chi connectivity index (χ1n) is 9.22. The average Bonchev–Trinajstić information content (AvgIpc) is 2.96. The summed E-state index contributed by atoms with van der Waals surface area (Å²) in [6.07, 6.45) is 1.65. The largest absolute Gasteiger partial charge is 0.493 e. The molecule has 0 atom stereocenters. The molecule has 4 N–H and O–H groups in total. The molecule has 162 valence electrons. The van der Waals surface area contributed by atoms with E-state index in [1.165, 1.54) is 7.11 Å². The maximum absolute atomic E-state index is 12.6. The number of primary amides is 1. The van der Waals surface area contributed by atoms with Gasteiger partial charge >= 0.3 is 6.03 Å². The zero-order chi connectivity index (χ0) is 22.1. The number of rotatable bonds is 10. The standard InChI is InChI=1S/C19H24N4O6S/c1-3-29-13-5-4-12(10-14(13)28-2)11-15-17(25)23(19(27)30-15)9-8-21-16(24)6-7-22-18(20)26/h4-5,10-11H,3,6-9H2,1-2H3,(H,21,24)(H3,20,22,26)/b15-11-.